The number of amides is 1. The first-order chi connectivity index (χ1) is 9.61. The molecular weight excluding hydrogens is 256 g/mol. The number of nitrogens with one attached hydrogen (secondary N) is 1. The average Bonchev–Trinajstić information content (AvgIpc) is 2.80. The highest BCUT2D eigenvalue weighted by molar-refractivity contribution is 6.05. The first kappa shape index (κ1) is 12.2. The lowest BCUT2D eigenvalue weighted by atomic mass is 10.2. The van der Waals surface area contributed by atoms with Crippen LogP contribution in [0.4, 0.5) is 11.5 Å². The number of nitrogen functional groups attached to an aromatic ring is 1. The molecule has 20 heavy (non-hydrogen) atoms. The number of aryl methyl sites for hydroxylation is 1. The van der Waals surface area contributed by atoms with Gasteiger partial charge in [0.1, 0.15) is 11.3 Å². The molecule has 0 atom stereocenters. The highest BCUT2D eigenvalue weighted by Gasteiger charge is 2.09. The van der Waals surface area contributed by atoms with Crippen molar-refractivity contribution in [3.63, 3.8) is 0 Å². The van der Waals surface area contributed by atoms with E-state index < -0.39 is 0 Å². The molecule has 3 N–H and O–H groups in total. The van der Waals surface area contributed by atoms with Crippen molar-refractivity contribution >= 4 is 28.5 Å². The Balaban J connectivity index is 1.86. The van der Waals surface area contributed by atoms with Gasteiger partial charge in [-0.2, -0.15) is 0 Å². The number of nitrogens with zero attached hydrogens (tertiary/aromatic N) is 2. The number of anilines is 2. The van der Waals surface area contributed by atoms with Crippen LogP contribution in [0.15, 0.2) is 40.9 Å². The molecule has 0 unspecified atom stereocenters. The minimum Gasteiger partial charge on any atom is -0.441 e. The van der Waals surface area contributed by atoms with Crippen LogP contribution in [-0.2, 0) is 0 Å². The summed E-state index contributed by atoms with van der Waals surface area (Å²) in [5, 5.41) is 2.74. The Morgan fingerprint density at radius 2 is 2.15 bits per heavy atom. The molecule has 1 amide bonds. The van der Waals surface area contributed by atoms with Gasteiger partial charge in [0.15, 0.2) is 11.5 Å². The van der Waals surface area contributed by atoms with Crippen molar-refractivity contribution in [2.75, 3.05) is 11.1 Å². The van der Waals surface area contributed by atoms with E-state index in [1.54, 1.807) is 37.3 Å². The number of nitrogens with two attached hydrogens (primary N) is 1. The minimum atomic E-state index is -0.237. The quantitative estimate of drug-likeness (QED) is 0.744. The van der Waals surface area contributed by atoms with E-state index in [1.807, 2.05) is 0 Å². The van der Waals surface area contributed by atoms with Crippen LogP contribution >= 0.6 is 0 Å². The summed E-state index contributed by atoms with van der Waals surface area (Å²) in [6.45, 7) is 1.76. The molecule has 3 aromatic rings. The van der Waals surface area contributed by atoms with Crippen LogP contribution in [0.3, 0.4) is 0 Å². The first-order valence-corrected chi connectivity index (χ1v) is 6.02. The molecule has 0 radical (unpaired) electrons. The van der Waals surface area contributed by atoms with E-state index in [0.29, 0.717) is 34.1 Å². The fourth-order valence-electron chi connectivity index (χ4n) is 1.87. The topological polar surface area (TPSA) is 94.0 Å². The number of pyridine rings is 1. The maximum atomic E-state index is 12.1. The monoisotopic (exact) mass is 268 g/mol. The van der Waals surface area contributed by atoms with Crippen molar-refractivity contribution in [3.05, 3.63) is 48.0 Å². The van der Waals surface area contributed by atoms with Crippen LogP contribution in [0.2, 0.25) is 0 Å². The molecule has 2 aromatic heterocycles. The van der Waals surface area contributed by atoms with Gasteiger partial charge in [-0.3, -0.25) is 4.79 Å². The summed E-state index contributed by atoms with van der Waals surface area (Å²) in [5.41, 5.74) is 7.90. The highest BCUT2D eigenvalue weighted by atomic mass is 16.3. The van der Waals surface area contributed by atoms with Crippen molar-refractivity contribution in [2.45, 2.75) is 6.92 Å². The molecule has 0 spiro atoms. The lowest BCUT2D eigenvalue weighted by Crippen LogP contribution is -2.12. The molecule has 0 aliphatic heterocycles. The normalized spacial score (nSPS) is 10.7. The van der Waals surface area contributed by atoms with E-state index in [1.165, 1.54) is 6.20 Å². The zero-order valence-electron chi connectivity index (χ0n) is 10.8. The molecule has 3 rings (SSSR count). The second-order valence-corrected chi connectivity index (χ2v) is 4.34. The van der Waals surface area contributed by atoms with Crippen LogP contribution in [0.5, 0.6) is 0 Å². The second kappa shape index (κ2) is 4.65. The summed E-state index contributed by atoms with van der Waals surface area (Å²) in [7, 11) is 0. The second-order valence-electron chi connectivity index (χ2n) is 4.34. The average molecular weight is 268 g/mol. The number of carbonyl (C=O) groups is 1. The maximum absolute atomic E-state index is 12.1. The zero-order chi connectivity index (χ0) is 14.1. The molecule has 6 heteroatoms. The van der Waals surface area contributed by atoms with Crippen LogP contribution in [0, 0.1) is 6.92 Å². The summed E-state index contributed by atoms with van der Waals surface area (Å²) in [4.78, 5) is 20.2. The van der Waals surface area contributed by atoms with Crippen LogP contribution in [-0.4, -0.2) is 15.9 Å². The Kier molecular flexibility index (Phi) is 2.83. The molecule has 0 aliphatic carbocycles. The third kappa shape index (κ3) is 2.31. The standard InChI is InChI=1S/C14H12N4O2/c1-8-17-11-6-9(2-4-12(11)20-8)14(19)18-10-3-5-13(15)16-7-10/h2-7H,1H3,(H2,15,16)(H,18,19). The van der Waals surface area contributed by atoms with Crippen molar-refractivity contribution in [3.8, 4) is 0 Å². The molecule has 0 aliphatic rings. The zero-order valence-corrected chi connectivity index (χ0v) is 10.8. The molecule has 100 valence electrons. The number of hydrogen-bond acceptors (Lipinski definition) is 5. The Labute approximate surface area is 114 Å². The van der Waals surface area contributed by atoms with Gasteiger partial charge in [0.05, 0.1) is 11.9 Å². The van der Waals surface area contributed by atoms with Crippen molar-refractivity contribution in [1.29, 1.82) is 0 Å². The summed E-state index contributed by atoms with van der Waals surface area (Å²) in [6, 6.07) is 8.42. The Morgan fingerprint density at radius 3 is 2.90 bits per heavy atom. The number of benzene rings is 1. The maximum Gasteiger partial charge on any atom is 0.255 e. The highest BCUT2D eigenvalue weighted by Crippen LogP contribution is 2.18. The smallest absolute Gasteiger partial charge is 0.255 e. The fourth-order valence-corrected chi connectivity index (χ4v) is 1.87. The molecule has 0 bridgehead atoms. The van der Waals surface area contributed by atoms with Gasteiger partial charge in [0.2, 0.25) is 0 Å². The predicted molar refractivity (Wildman–Crippen MR) is 75.3 cm³/mol. The number of oxazole rings is 1. The molecule has 0 fully saturated rings. The van der Waals surface area contributed by atoms with Gasteiger partial charge >= 0.3 is 0 Å². The molecule has 6 nitrogen and oxygen atoms in total. The Morgan fingerprint density at radius 1 is 1.30 bits per heavy atom. The van der Waals surface area contributed by atoms with Crippen molar-refractivity contribution in [1.82, 2.24) is 9.97 Å². The minimum absolute atomic E-state index is 0.237. The van der Waals surface area contributed by atoms with E-state index in [4.69, 9.17) is 10.2 Å². The third-order valence-corrected chi connectivity index (χ3v) is 2.80. The largest absolute Gasteiger partial charge is 0.441 e. The van der Waals surface area contributed by atoms with Gasteiger partial charge in [-0.05, 0) is 30.3 Å². The summed E-state index contributed by atoms with van der Waals surface area (Å²) >= 11 is 0. The Hall–Kier alpha value is -2.89. The van der Waals surface area contributed by atoms with Crippen LogP contribution in [0.25, 0.3) is 11.1 Å². The SMILES string of the molecule is Cc1nc2cc(C(=O)Nc3ccc(N)nc3)ccc2o1. The summed E-state index contributed by atoms with van der Waals surface area (Å²) in [6.07, 6.45) is 1.51. The van der Waals surface area contributed by atoms with Gasteiger partial charge < -0.3 is 15.5 Å². The van der Waals surface area contributed by atoms with Gasteiger partial charge in [-0.15, -0.1) is 0 Å². The molecule has 1 aromatic carbocycles. The van der Waals surface area contributed by atoms with Gasteiger partial charge in [-0.25, -0.2) is 9.97 Å². The lowest BCUT2D eigenvalue weighted by Gasteiger charge is -2.04. The van der Waals surface area contributed by atoms with E-state index >= 15 is 0 Å². The van der Waals surface area contributed by atoms with Gasteiger partial charge in [-0.1, -0.05) is 0 Å². The first-order valence-electron chi connectivity index (χ1n) is 6.02. The van der Waals surface area contributed by atoms with Gasteiger partial charge in [0.25, 0.3) is 5.91 Å². The number of rotatable bonds is 2. The number of fused-ring (bicyclic) bond motifs is 1. The molecule has 2 heterocycles. The van der Waals surface area contributed by atoms with Crippen molar-refractivity contribution < 1.29 is 9.21 Å². The van der Waals surface area contributed by atoms with Gasteiger partial charge in [0, 0.05) is 12.5 Å². The van der Waals surface area contributed by atoms with Crippen LogP contribution in [0.1, 0.15) is 16.2 Å². The van der Waals surface area contributed by atoms with Crippen molar-refractivity contribution in [2.24, 2.45) is 0 Å². The molecule has 0 saturated heterocycles. The predicted octanol–water partition coefficient (Wildman–Crippen LogP) is 2.37. The third-order valence-electron chi connectivity index (χ3n) is 2.80. The van der Waals surface area contributed by atoms with E-state index in [0.717, 1.165) is 0 Å². The van der Waals surface area contributed by atoms with E-state index in [9.17, 15) is 4.79 Å². The number of carbonyl (C=O) groups excluding carboxylic acids is 1. The van der Waals surface area contributed by atoms with E-state index in [-0.39, 0.29) is 5.91 Å². The lowest BCUT2D eigenvalue weighted by molar-refractivity contribution is 0.102. The molecular formula is C14H12N4O2. The number of hydrogen-bond donors (Lipinski definition) is 2. The summed E-state index contributed by atoms with van der Waals surface area (Å²) in [5.74, 6) is 0.738. The fraction of sp³-hybridized carbons (Fsp3) is 0.0714. The van der Waals surface area contributed by atoms with Crippen LogP contribution < -0.4 is 11.1 Å². The Bertz CT molecular complexity index is 777. The molecule has 0 saturated carbocycles. The summed E-state index contributed by atoms with van der Waals surface area (Å²) < 4.78 is 5.37. The van der Waals surface area contributed by atoms with E-state index in [2.05, 4.69) is 15.3 Å². The number of aromatic nitrogens is 2.